The molecule has 1 aromatic heterocycles. The van der Waals surface area contributed by atoms with Gasteiger partial charge in [-0.15, -0.1) is 0 Å². The van der Waals surface area contributed by atoms with E-state index in [1.54, 1.807) is 60.8 Å². The van der Waals surface area contributed by atoms with Crippen LogP contribution in [0.5, 0.6) is 0 Å². The monoisotopic (exact) mass is 470 g/mol. The summed E-state index contributed by atoms with van der Waals surface area (Å²) >= 11 is 5.90. The Balaban J connectivity index is 1.43. The molecule has 5 rings (SSSR count). The number of nitrogens with zero attached hydrogens (tertiary/aromatic N) is 2. The number of rotatable bonds is 5. The summed E-state index contributed by atoms with van der Waals surface area (Å²) in [5.41, 5.74) is 2.86. The molecule has 0 aliphatic carbocycles. The number of amides is 4. The Hall–Kier alpha value is -4.36. The number of benzene rings is 3. The van der Waals surface area contributed by atoms with E-state index in [1.807, 2.05) is 34.9 Å². The van der Waals surface area contributed by atoms with E-state index in [0.717, 1.165) is 15.8 Å². The molecule has 1 aliphatic heterocycles. The molecule has 1 aliphatic rings. The van der Waals surface area contributed by atoms with Gasteiger partial charge >= 0.3 is 6.03 Å². The summed E-state index contributed by atoms with van der Waals surface area (Å²) in [6.45, 7) is 0.0722. The minimum Gasteiger partial charge on any atom is -0.337 e. The van der Waals surface area contributed by atoms with Crippen molar-refractivity contribution in [1.29, 1.82) is 0 Å². The molecule has 4 aromatic rings. The fourth-order valence-corrected chi connectivity index (χ4v) is 4.04. The average molecular weight is 471 g/mol. The van der Waals surface area contributed by atoms with Crippen LogP contribution in [0.2, 0.25) is 5.02 Å². The predicted molar refractivity (Wildman–Crippen MR) is 132 cm³/mol. The molecule has 0 atom stereocenters. The molecule has 1 fully saturated rings. The zero-order valence-electron chi connectivity index (χ0n) is 17.9. The van der Waals surface area contributed by atoms with Crippen molar-refractivity contribution in [3.63, 3.8) is 0 Å². The normalized spacial score (nSPS) is 14.6. The van der Waals surface area contributed by atoms with Gasteiger partial charge in [0.05, 0.1) is 5.69 Å². The topological polar surface area (TPSA) is 83.4 Å². The average Bonchev–Trinajstić information content (AvgIpc) is 3.32. The molecule has 2 N–H and O–H groups in total. The molecule has 0 radical (unpaired) electrons. The highest BCUT2D eigenvalue weighted by atomic mass is 35.5. The van der Waals surface area contributed by atoms with Crippen molar-refractivity contribution in [2.45, 2.75) is 6.54 Å². The van der Waals surface area contributed by atoms with Crippen LogP contribution in [0.15, 0.2) is 90.8 Å². The molecule has 0 bridgehead atoms. The van der Waals surface area contributed by atoms with Crippen molar-refractivity contribution >= 4 is 57.8 Å². The summed E-state index contributed by atoms with van der Waals surface area (Å²) in [6, 6.07) is 22.7. The first-order valence-corrected chi connectivity index (χ1v) is 10.9. The standard InChI is InChI=1S/C26H19ClN4O3/c27-18-10-12-19(13-11-18)28-24(32)16-30-15-17(21-8-4-5-9-23(21)30)14-22-25(33)31(26(34)29-22)20-6-2-1-3-7-20/h1-15H,16H2,(H,28,32)(H,29,34). The maximum absolute atomic E-state index is 13.0. The number of para-hydroxylation sites is 2. The van der Waals surface area contributed by atoms with Crippen LogP contribution in [0.25, 0.3) is 17.0 Å². The van der Waals surface area contributed by atoms with Gasteiger partial charge in [-0.1, -0.05) is 48.0 Å². The van der Waals surface area contributed by atoms with Gasteiger partial charge in [-0.2, -0.15) is 0 Å². The number of hydrogen-bond donors (Lipinski definition) is 2. The number of aromatic nitrogens is 1. The minimum atomic E-state index is -0.506. The number of halogens is 1. The highest BCUT2D eigenvalue weighted by molar-refractivity contribution is 6.30. The van der Waals surface area contributed by atoms with Gasteiger partial charge in [-0.25, -0.2) is 9.69 Å². The van der Waals surface area contributed by atoms with E-state index in [2.05, 4.69) is 10.6 Å². The van der Waals surface area contributed by atoms with E-state index in [1.165, 1.54) is 0 Å². The van der Waals surface area contributed by atoms with Crippen molar-refractivity contribution in [2.24, 2.45) is 0 Å². The second-order valence-electron chi connectivity index (χ2n) is 7.75. The van der Waals surface area contributed by atoms with Crippen LogP contribution in [0, 0.1) is 0 Å². The minimum absolute atomic E-state index is 0.0722. The van der Waals surface area contributed by atoms with Gasteiger partial charge in [0.25, 0.3) is 5.91 Å². The van der Waals surface area contributed by atoms with Crippen LogP contribution in [0.4, 0.5) is 16.2 Å². The Bertz CT molecular complexity index is 1440. The Morgan fingerprint density at radius 2 is 1.65 bits per heavy atom. The highest BCUT2D eigenvalue weighted by Gasteiger charge is 2.34. The first-order chi connectivity index (χ1) is 16.5. The Morgan fingerprint density at radius 3 is 2.41 bits per heavy atom. The van der Waals surface area contributed by atoms with E-state index >= 15 is 0 Å². The lowest BCUT2D eigenvalue weighted by Crippen LogP contribution is -2.30. The summed E-state index contributed by atoms with van der Waals surface area (Å²) in [5, 5.41) is 6.95. The summed E-state index contributed by atoms with van der Waals surface area (Å²) in [4.78, 5) is 39.2. The zero-order chi connectivity index (χ0) is 23.7. The van der Waals surface area contributed by atoms with Gasteiger partial charge < -0.3 is 15.2 Å². The number of urea groups is 1. The van der Waals surface area contributed by atoms with E-state index in [0.29, 0.717) is 22.0 Å². The fraction of sp³-hybridized carbons (Fsp3) is 0.0385. The smallest absolute Gasteiger partial charge is 0.333 e. The van der Waals surface area contributed by atoms with Gasteiger partial charge in [-0.05, 0) is 48.5 Å². The SMILES string of the molecule is O=C(Cn1cc(C=C2NC(=O)N(c3ccccc3)C2=O)c2ccccc21)Nc1ccc(Cl)cc1. The molecule has 7 nitrogen and oxygen atoms in total. The Morgan fingerprint density at radius 1 is 0.941 bits per heavy atom. The van der Waals surface area contributed by atoms with E-state index < -0.39 is 11.9 Å². The number of anilines is 2. The number of nitrogens with one attached hydrogen (secondary N) is 2. The second-order valence-corrected chi connectivity index (χ2v) is 8.19. The molecule has 0 saturated carbocycles. The lowest BCUT2D eigenvalue weighted by atomic mass is 10.1. The van der Waals surface area contributed by atoms with Crippen LogP contribution in [-0.4, -0.2) is 22.4 Å². The summed E-state index contributed by atoms with van der Waals surface area (Å²) < 4.78 is 1.81. The number of carbonyl (C=O) groups is 3. The van der Waals surface area contributed by atoms with E-state index in [9.17, 15) is 14.4 Å². The van der Waals surface area contributed by atoms with E-state index in [-0.39, 0.29) is 18.1 Å². The first-order valence-electron chi connectivity index (χ1n) is 10.5. The molecule has 3 aromatic carbocycles. The Labute approximate surface area is 200 Å². The third-order valence-corrected chi connectivity index (χ3v) is 5.71. The van der Waals surface area contributed by atoms with Crippen LogP contribution < -0.4 is 15.5 Å². The molecular formula is C26H19ClN4O3. The molecule has 0 unspecified atom stereocenters. The van der Waals surface area contributed by atoms with Gasteiger partial charge in [0.2, 0.25) is 5.91 Å². The lowest BCUT2D eigenvalue weighted by Gasteiger charge is -2.10. The van der Waals surface area contributed by atoms with Gasteiger partial charge in [0, 0.05) is 33.4 Å². The van der Waals surface area contributed by atoms with E-state index in [4.69, 9.17) is 11.6 Å². The molecule has 8 heteroatoms. The van der Waals surface area contributed by atoms with Crippen molar-refractivity contribution in [1.82, 2.24) is 9.88 Å². The van der Waals surface area contributed by atoms with Crippen LogP contribution in [0.3, 0.4) is 0 Å². The third kappa shape index (κ3) is 4.16. The van der Waals surface area contributed by atoms with Crippen LogP contribution >= 0.6 is 11.6 Å². The quantitative estimate of drug-likeness (QED) is 0.317. The predicted octanol–water partition coefficient (Wildman–Crippen LogP) is 5.03. The number of fused-ring (bicyclic) bond motifs is 1. The molecular weight excluding hydrogens is 452 g/mol. The van der Waals surface area contributed by atoms with Crippen molar-refractivity contribution < 1.29 is 14.4 Å². The van der Waals surface area contributed by atoms with Crippen molar-refractivity contribution in [2.75, 3.05) is 10.2 Å². The number of carbonyl (C=O) groups excluding carboxylic acids is 3. The molecule has 34 heavy (non-hydrogen) atoms. The molecule has 0 spiro atoms. The largest absolute Gasteiger partial charge is 0.337 e. The fourth-order valence-electron chi connectivity index (χ4n) is 3.91. The first kappa shape index (κ1) is 21.5. The van der Waals surface area contributed by atoms with Crippen LogP contribution in [-0.2, 0) is 16.1 Å². The van der Waals surface area contributed by atoms with Crippen molar-refractivity contribution in [3.05, 3.63) is 101 Å². The second kappa shape index (κ2) is 8.88. The molecule has 1 saturated heterocycles. The maximum Gasteiger partial charge on any atom is 0.333 e. The summed E-state index contributed by atoms with van der Waals surface area (Å²) in [7, 11) is 0. The van der Waals surface area contributed by atoms with Gasteiger partial charge in [0.15, 0.2) is 0 Å². The highest BCUT2D eigenvalue weighted by Crippen LogP contribution is 2.26. The molecule has 4 amide bonds. The van der Waals surface area contributed by atoms with Gasteiger partial charge in [0.1, 0.15) is 12.2 Å². The molecule has 2 heterocycles. The number of imide groups is 1. The maximum atomic E-state index is 13.0. The lowest BCUT2D eigenvalue weighted by molar-refractivity contribution is -0.116. The summed E-state index contributed by atoms with van der Waals surface area (Å²) in [6.07, 6.45) is 3.43. The molecule has 168 valence electrons. The Kier molecular flexibility index (Phi) is 5.61. The van der Waals surface area contributed by atoms with Gasteiger partial charge in [-0.3, -0.25) is 9.59 Å². The summed E-state index contributed by atoms with van der Waals surface area (Å²) in [5.74, 6) is -0.642. The van der Waals surface area contributed by atoms with Crippen molar-refractivity contribution in [3.8, 4) is 0 Å². The third-order valence-electron chi connectivity index (χ3n) is 5.45. The number of hydrogen-bond acceptors (Lipinski definition) is 3. The zero-order valence-corrected chi connectivity index (χ0v) is 18.6. The van der Waals surface area contributed by atoms with Crippen LogP contribution in [0.1, 0.15) is 5.56 Å².